The lowest BCUT2D eigenvalue weighted by Crippen LogP contribution is -2.55. The molecular weight excluding hydrogens is 286 g/mol. The number of hydrogen-bond acceptors (Lipinski definition) is 6. The van der Waals surface area contributed by atoms with E-state index in [1.165, 1.54) is 0 Å². The molecule has 1 aromatic heterocycles. The van der Waals surface area contributed by atoms with Crippen molar-refractivity contribution < 1.29 is 4.79 Å². The number of carbonyl (C=O) groups excluding carboxylic acids is 1. The van der Waals surface area contributed by atoms with Gasteiger partial charge in [-0.2, -0.15) is 11.8 Å². The number of amides is 1. The number of nitrogens with one attached hydrogen (secondary N) is 2. The van der Waals surface area contributed by atoms with E-state index in [0.29, 0.717) is 0 Å². The fourth-order valence-corrected chi connectivity index (χ4v) is 3.70. The molecule has 0 radical (unpaired) electrons. The van der Waals surface area contributed by atoms with Gasteiger partial charge in [-0.1, -0.05) is 0 Å². The van der Waals surface area contributed by atoms with E-state index in [4.69, 9.17) is 0 Å². The third-order valence-electron chi connectivity index (χ3n) is 3.84. The Morgan fingerprint density at radius 1 is 1.43 bits per heavy atom. The van der Waals surface area contributed by atoms with Gasteiger partial charge in [0.2, 0.25) is 11.9 Å². The van der Waals surface area contributed by atoms with E-state index in [9.17, 15) is 4.79 Å². The largest absolute Gasteiger partial charge is 0.350 e. The highest BCUT2D eigenvalue weighted by atomic mass is 32.2. The minimum absolute atomic E-state index is 0.0490. The van der Waals surface area contributed by atoms with Crippen LogP contribution in [0.3, 0.4) is 0 Å². The summed E-state index contributed by atoms with van der Waals surface area (Å²) in [7, 11) is 0. The summed E-state index contributed by atoms with van der Waals surface area (Å²) in [5.41, 5.74) is 0. The predicted molar refractivity (Wildman–Crippen MR) is 84.5 cm³/mol. The molecule has 0 aliphatic carbocycles. The van der Waals surface area contributed by atoms with Crippen molar-refractivity contribution in [3.05, 3.63) is 18.5 Å². The Hall–Kier alpha value is -1.34. The number of hydrogen-bond donors (Lipinski definition) is 2. The number of thioether (sulfide) groups is 1. The van der Waals surface area contributed by atoms with Gasteiger partial charge in [0.1, 0.15) is 0 Å². The maximum atomic E-state index is 12.3. The maximum absolute atomic E-state index is 12.3. The average Bonchev–Trinajstić information content (AvgIpc) is 2.57. The quantitative estimate of drug-likeness (QED) is 0.835. The normalized spacial score (nSPS) is 26.4. The van der Waals surface area contributed by atoms with Crippen LogP contribution in [0.2, 0.25) is 0 Å². The highest BCUT2D eigenvalue weighted by Crippen LogP contribution is 2.16. The molecule has 2 atom stereocenters. The van der Waals surface area contributed by atoms with Gasteiger partial charge in [-0.15, -0.1) is 0 Å². The van der Waals surface area contributed by atoms with Crippen molar-refractivity contribution in [2.75, 3.05) is 36.0 Å². The van der Waals surface area contributed by atoms with Gasteiger partial charge < -0.3 is 15.5 Å². The molecule has 114 valence electrons. The molecule has 2 N–H and O–H groups in total. The molecule has 6 nitrogen and oxygen atoms in total. The van der Waals surface area contributed by atoms with Gasteiger partial charge in [-0.25, -0.2) is 9.97 Å². The molecule has 0 bridgehead atoms. The summed E-state index contributed by atoms with van der Waals surface area (Å²) in [6, 6.07) is 1.95. The molecule has 3 heterocycles. The molecule has 2 fully saturated rings. The monoisotopic (exact) mass is 307 g/mol. The second kappa shape index (κ2) is 7.09. The van der Waals surface area contributed by atoms with E-state index in [1.54, 1.807) is 12.4 Å². The Bertz CT molecular complexity index is 466. The topological polar surface area (TPSA) is 70.2 Å². The van der Waals surface area contributed by atoms with Crippen LogP contribution in [0.1, 0.15) is 12.8 Å². The second-order valence-electron chi connectivity index (χ2n) is 5.42. The zero-order chi connectivity index (χ0) is 14.5. The summed E-state index contributed by atoms with van der Waals surface area (Å²) in [6.07, 6.45) is 5.59. The Morgan fingerprint density at radius 2 is 2.29 bits per heavy atom. The molecule has 0 spiro atoms. The fraction of sp³-hybridized carbons (Fsp3) is 0.643. The first kappa shape index (κ1) is 14.6. The highest BCUT2D eigenvalue weighted by Gasteiger charge is 2.26. The number of rotatable bonds is 3. The van der Waals surface area contributed by atoms with Gasteiger partial charge in [0.25, 0.3) is 0 Å². The molecule has 2 aliphatic rings. The lowest BCUT2D eigenvalue weighted by atomic mass is 10.1. The van der Waals surface area contributed by atoms with Gasteiger partial charge in [-0.05, 0) is 18.9 Å². The maximum Gasteiger partial charge on any atom is 0.238 e. The van der Waals surface area contributed by atoms with Crippen LogP contribution in [0.5, 0.6) is 0 Å². The SMILES string of the molecule is O=C(NC1CCCN(c2ncccn2)C1)C1CSCCN1. The first-order chi connectivity index (χ1) is 10.3. The first-order valence-corrected chi connectivity index (χ1v) is 8.62. The smallest absolute Gasteiger partial charge is 0.238 e. The molecule has 3 rings (SSSR count). The van der Waals surface area contributed by atoms with Crippen molar-refractivity contribution in [1.29, 1.82) is 0 Å². The lowest BCUT2D eigenvalue weighted by Gasteiger charge is -2.34. The van der Waals surface area contributed by atoms with E-state index in [1.807, 2.05) is 17.8 Å². The van der Waals surface area contributed by atoms with Crippen molar-refractivity contribution in [3.63, 3.8) is 0 Å². The van der Waals surface area contributed by atoms with E-state index in [-0.39, 0.29) is 18.0 Å². The van der Waals surface area contributed by atoms with Gasteiger partial charge in [0.05, 0.1) is 6.04 Å². The second-order valence-corrected chi connectivity index (χ2v) is 6.57. The van der Waals surface area contributed by atoms with Gasteiger partial charge >= 0.3 is 0 Å². The number of anilines is 1. The van der Waals surface area contributed by atoms with Gasteiger partial charge in [-0.3, -0.25) is 4.79 Å². The zero-order valence-electron chi connectivity index (χ0n) is 12.0. The standard InChI is InChI=1S/C14H21N5OS/c20-13(12-10-21-8-6-15-12)18-11-3-1-7-19(9-11)14-16-4-2-5-17-14/h2,4-5,11-12,15H,1,3,6-10H2,(H,18,20). The molecule has 1 amide bonds. The highest BCUT2D eigenvalue weighted by molar-refractivity contribution is 7.99. The van der Waals surface area contributed by atoms with Gasteiger partial charge in [0, 0.05) is 49.6 Å². The summed E-state index contributed by atoms with van der Waals surface area (Å²) < 4.78 is 0. The first-order valence-electron chi connectivity index (χ1n) is 7.46. The Morgan fingerprint density at radius 3 is 3.05 bits per heavy atom. The van der Waals surface area contributed by atoms with E-state index >= 15 is 0 Å². The van der Waals surface area contributed by atoms with E-state index in [0.717, 1.165) is 49.9 Å². The molecule has 0 saturated carbocycles. The minimum atomic E-state index is -0.0490. The van der Waals surface area contributed by atoms with Crippen LogP contribution >= 0.6 is 11.8 Å². The summed E-state index contributed by atoms with van der Waals surface area (Å²) >= 11 is 1.84. The number of nitrogens with zero attached hydrogens (tertiary/aromatic N) is 3. The van der Waals surface area contributed by atoms with Crippen LogP contribution in [-0.2, 0) is 4.79 Å². The van der Waals surface area contributed by atoms with Crippen LogP contribution in [0.25, 0.3) is 0 Å². The summed E-state index contributed by atoms with van der Waals surface area (Å²) in [5, 5.41) is 6.46. The Balaban J connectivity index is 1.55. The van der Waals surface area contributed by atoms with Crippen molar-refractivity contribution in [2.45, 2.75) is 24.9 Å². The lowest BCUT2D eigenvalue weighted by molar-refractivity contribution is -0.123. The molecule has 2 unspecified atom stereocenters. The van der Waals surface area contributed by atoms with E-state index < -0.39 is 0 Å². The van der Waals surface area contributed by atoms with Gasteiger partial charge in [0.15, 0.2) is 0 Å². The zero-order valence-corrected chi connectivity index (χ0v) is 12.8. The molecule has 2 saturated heterocycles. The van der Waals surface area contributed by atoms with Crippen LogP contribution in [0.15, 0.2) is 18.5 Å². The molecule has 1 aromatic rings. The average molecular weight is 307 g/mol. The number of piperidine rings is 1. The fourth-order valence-electron chi connectivity index (χ4n) is 2.77. The van der Waals surface area contributed by atoms with Crippen molar-refractivity contribution in [3.8, 4) is 0 Å². The van der Waals surface area contributed by atoms with Crippen molar-refractivity contribution in [2.24, 2.45) is 0 Å². The third-order valence-corrected chi connectivity index (χ3v) is 4.90. The van der Waals surface area contributed by atoms with Crippen LogP contribution in [0.4, 0.5) is 5.95 Å². The third kappa shape index (κ3) is 3.85. The van der Waals surface area contributed by atoms with Crippen molar-refractivity contribution in [1.82, 2.24) is 20.6 Å². The molecular formula is C14H21N5OS. The number of carbonyl (C=O) groups is 1. The molecule has 21 heavy (non-hydrogen) atoms. The molecule has 2 aliphatic heterocycles. The minimum Gasteiger partial charge on any atom is -0.350 e. The summed E-state index contributed by atoms with van der Waals surface area (Å²) in [6.45, 7) is 2.65. The van der Waals surface area contributed by atoms with Crippen LogP contribution in [0, 0.1) is 0 Å². The predicted octanol–water partition coefficient (Wildman–Crippen LogP) is 0.267. The Labute approximate surface area is 129 Å². The Kier molecular flexibility index (Phi) is 4.92. The molecule has 7 heteroatoms. The summed E-state index contributed by atoms with van der Waals surface area (Å²) in [4.78, 5) is 23.0. The van der Waals surface area contributed by atoms with Crippen molar-refractivity contribution >= 4 is 23.6 Å². The molecule has 0 aromatic carbocycles. The van der Waals surface area contributed by atoms with E-state index in [2.05, 4.69) is 25.5 Å². The number of aromatic nitrogens is 2. The van der Waals surface area contributed by atoms with Crippen LogP contribution in [-0.4, -0.2) is 59.1 Å². The summed E-state index contributed by atoms with van der Waals surface area (Å²) in [5.74, 6) is 2.84. The van der Waals surface area contributed by atoms with Crippen LogP contribution < -0.4 is 15.5 Å².